The molecule has 4 heteroatoms. The quantitative estimate of drug-likeness (QED) is 0.853. The summed E-state index contributed by atoms with van der Waals surface area (Å²) in [5.41, 5.74) is 2.58. The van der Waals surface area contributed by atoms with Crippen molar-refractivity contribution in [1.29, 1.82) is 0 Å². The van der Waals surface area contributed by atoms with Crippen LogP contribution in [0.4, 0.5) is 4.39 Å². The number of thioether (sulfide) groups is 1. The minimum atomic E-state index is -0.437. The molecule has 0 unspecified atom stereocenters. The van der Waals surface area contributed by atoms with E-state index in [0.29, 0.717) is 10.5 Å². The molecular formula is C17H20FNOS. The smallest absolute Gasteiger partial charge is 0.156 e. The van der Waals surface area contributed by atoms with Gasteiger partial charge >= 0.3 is 0 Å². The van der Waals surface area contributed by atoms with E-state index in [-0.39, 0.29) is 17.7 Å². The number of hydrogen-bond donors (Lipinski definition) is 1. The molecule has 0 saturated heterocycles. The number of nitrogens with zero attached hydrogens (tertiary/aromatic N) is 1. The minimum absolute atomic E-state index is 0.0590. The Balaban J connectivity index is 2.48. The first-order valence-corrected chi connectivity index (χ1v) is 8.04. The average molecular weight is 305 g/mol. The molecule has 0 aliphatic heterocycles. The molecule has 0 bridgehead atoms. The second-order valence-corrected chi connectivity index (χ2v) is 6.80. The highest BCUT2D eigenvalue weighted by molar-refractivity contribution is 7.98. The normalized spacial score (nSPS) is 11.7. The van der Waals surface area contributed by atoms with Crippen LogP contribution in [0.1, 0.15) is 31.9 Å². The number of aliphatic hydroxyl groups excluding tert-OH is 1. The third-order valence-corrected chi connectivity index (χ3v) is 4.28. The van der Waals surface area contributed by atoms with Crippen LogP contribution in [0.15, 0.2) is 35.4 Å². The second kappa shape index (κ2) is 6.16. The van der Waals surface area contributed by atoms with Crippen molar-refractivity contribution in [2.75, 3.05) is 6.26 Å². The molecule has 1 aromatic heterocycles. The van der Waals surface area contributed by atoms with Crippen molar-refractivity contribution < 1.29 is 9.50 Å². The average Bonchev–Trinajstić information content (AvgIpc) is 2.46. The van der Waals surface area contributed by atoms with E-state index < -0.39 is 5.82 Å². The van der Waals surface area contributed by atoms with Crippen LogP contribution in [-0.2, 0) is 12.0 Å². The Morgan fingerprint density at radius 2 is 1.81 bits per heavy atom. The summed E-state index contributed by atoms with van der Waals surface area (Å²) in [6.45, 7) is 6.09. The van der Waals surface area contributed by atoms with Gasteiger partial charge in [-0.05, 0) is 17.2 Å². The number of aliphatic hydroxyl groups is 1. The van der Waals surface area contributed by atoms with Crippen LogP contribution in [0.2, 0.25) is 0 Å². The maximum atomic E-state index is 14.5. The number of aromatic nitrogens is 1. The summed E-state index contributed by atoms with van der Waals surface area (Å²) < 4.78 is 14.5. The van der Waals surface area contributed by atoms with Gasteiger partial charge in [0, 0.05) is 22.2 Å². The maximum absolute atomic E-state index is 14.5. The summed E-state index contributed by atoms with van der Waals surface area (Å²) in [7, 11) is 0. The van der Waals surface area contributed by atoms with Crippen LogP contribution in [0.25, 0.3) is 11.3 Å². The molecular weight excluding hydrogens is 285 g/mol. The molecule has 0 radical (unpaired) electrons. The van der Waals surface area contributed by atoms with Crippen LogP contribution in [-0.4, -0.2) is 16.3 Å². The maximum Gasteiger partial charge on any atom is 0.156 e. The van der Waals surface area contributed by atoms with Gasteiger partial charge in [-0.2, -0.15) is 0 Å². The molecule has 0 amide bonds. The Kier molecular flexibility index (Phi) is 4.69. The fourth-order valence-electron chi connectivity index (χ4n) is 2.16. The Hall–Kier alpha value is -1.39. The molecule has 2 aromatic rings. The van der Waals surface area contributed by atoms with Gasteiger partial charge < -0.3 is 5.11 Å². The van der Waals surface area contributed by atoms with Gasteiger partial charge in [-0.25, -0.2) is 4.39 Å². The molecule has 1 heterocycles. The van der Waals surface area contributed by atoms with Gasteiger partial charge in [0.15, 0.2) is 5.82 Å². The van der Waals surface area contributed by atoms with Gasteiger partial charge in [-0.3, -0.25) is 4.98 Å². The summed E-state index contributed by atoms with van der Waals surface area (Å²) in [6, 6.07) is 7.76. The topological polar surface area (TPSA) is 33.1 Å². The Morgan fingerprint density at radius 3 is 2.29 bits per heavy atom. The largest absolute Gasteiger partial charge is 0.392 e. The zero-order valence-electron chi connectivity index (χ0n) is 12.8. The zero-order chi connectivity index (χ0) is 15.6. The molecule has 0 aliphatic carbocycles. The van der Waals surface area contributed by atoms with Gasteiger partial charge in [0.25, 0.3) is 0 Å². The molecule has 0 fully saturated rings. The minimum Gasteiger partial charge on any atom is -0.392 e. The molecule has 0 saturated carbocycles. The van der Waals surface area contributed by atoms with Gasteiger partial charge in [-0.15, -0.1) is 11.8 Å². The van der Waals surface area contributed by atoms with Gasteiger partial charge in [-0.1, -0.05) is 45.0 Å². The fraction of sp³-hybridized carbons (Fsp3) is 0.353. The predicted octanol–water partition coefficient (Wildman–Crippen LogP) is 4.40. The van der Waals surface area contributed by atoms with Crippen LogP contribution in [0.3, 0.4) is 0 Å². The molecule has 2 nitrogen and oxygen atoms in total. The van der Waals surface area contributed by atoms with Gasteiger partial charge in [0.05, 0.1) is 6.61 Å². The van der Waals surface area contributed by atoms with Crippen LogP contribution in [0, 0.1) is 5.82 Å². The number of halogens is 1. The molecule has 1 N–H and O–H groups in total. The van der Waals surface area contributed by atoms with E-state index in [1.54, 1.807) is 6.20 Å². The highest BCUT2D eigenvalue weighted by atomic mass is 32.2. The summed E-state index contributed by atoms with van der Waals surface area (Å²) in [5, 5.41) is 9.37. The van der Waals surface area contributed by atoms with Gasteiger partial charge in [0.2, 0.25) is 0 Å². The molecule has 0 spiro atoms. The van der Waals surface area contributed by atoms with E-state index in [1.165, 1.54) is 17.3 Å². The first-order chi connectivity index (χ1) is 9.88. The standard InChI is InChI=1S/C17H20FNOS/c1-17(2,3)12-7-5-11(6-8-12)16-15(18)13(10-20)14(21-4)9-19-16/h5-9,20H,10H2,1-4H3. The van der Waals surface area contributed by atoms with Crippen molar-refractivity contribution in [3.05, 3.63) is 47.4 Å². The third-order valence-electron chi connectivity index (χ3n) is 3.48. The van der Waals surface area contributed by atoms with E-state index in [1.807, 2.05) is 30.5 Å². The summed E-state index contributed by atoms with van der Waals surface area (Å²) in [5.74, 6) is -0.437. The van der Waals surface area contributed by atoms with Crippen molar-refractivity contribution in [3.8, 4) is 11.3 Å². The summed E-state index contributed by atoms with van der Waals surface area (Å²) in [6.07, 6.45) is 3.46. The molecule has 21 heavy (non-hydrogen) atoms. The first-order valence-electron chi connectivity index (χ1n) is 6.81. The lowest BCUT2D eigenvalue weighted by Crippen LogP contribution is -2.10. The first kappa shape index (κ1) is 16.0. The van der Waals surface area contributed by atoms with Crippen LogP contribution < -0.4 is 0 Å². The Morgan fingerprint density at radius 1 is 1.19 bits per heavy atom. The molecule has 112 valence electrons. The predicted molar refractivity (Wildman–Crippen MR) is 86.0 cm³/mol. The number of benzene rings is 1. The highest BCUT2D eigenvalue weighted by Crippen LogP contribution is 2.30. The van der Waals surface area contributed by atoms with E-state index in [9.17, 15) is 9.50 Å². The van der Waals surface area contributed by atoms with E-state index in [0.717, 1.165) is 5.56 Å². The number of rotatable bonds is 3. The fourth-order valence-corrected chi connectivity index (χ4v) is 2.72. The highest BCUT2D eigenvalue weighted by Gasteiger charge is 2.17. The number of hydrogen-bond acceptors (Lipinski definition) is 3. The zero-order valence-corrected chi connectivity index (χ0v) is 13.6. The van der Waals surface area contributed by atoms with Crippen molar-refractivity contribution in [1.82, 2.24) is 4.98 Å². The lowest BCUT2D eigenvalue weighted by atomic mass is 9.86. The molecule has 2 rings (SSSR count). The van der Waals surface area contributed by atoms with Gasteiger partial charge in [0.1, 0.15) is 5.69 Å². The summed E-state index contributed by atoms with van der Waals surface area (Å²) >= 11 is 1.38. The monoisotopic (exact) mass is 305 g/mol. The van der Waals surface area contributed by atoms with Crippen molar-refractivity contribution in [3.63, 3.8) is 0 Å². The van der Waals surface area contributed by atoms with Crippen molar-refractivity contribution in [2.24, 2.45) is 0 Å². The Labute approximate surface area is 129 Å². The summed E-state index contributed by atoms with van der Waals surface area (Å²) in [4.78, 5) is 4.88. The number of pyridine rings is 1. The third kappa shape index (κ3) is 3.27. The molecule has 1 aromatic carbocycles. The van der Waals surface area contributed by atoms with E-state index >= 15 is 0 Å². The Bertz CT molecular complexity index is 632. The lowest BCUT2D eigenvalue weighted by Gasteiger charge is -2.19. The molecule has 0 atom stereocenters. The molecule has 0 aliphatic rings. The SMILES string of the molecule is CSc1cnc(-c2ccc(C(C)(C)C)cc2)c(F)c1CO. The van der Waals surface area contributed by atoms with Crippen molar-refractivity contribution in [2.45, 2.75) is 37.7 Å². The van der Waals surface area contributed by atoms with Crippen molar-refractivity contribution >= 4 is 11.8 Å². The second-order valence-electron chi connectivity index (χ2n) is 5.95. The van der Waals surface area contributed by atoms with Crippen LogP contribution in [0.5, 0.6) is 0 Å². The lowest BCUT2D eigenvalue weighted by molar-refractivity contribution is 0.272. The van der Waals surface area contributed by atoms with E-state index in [4.69, 9.17) is 0 Å². The van der Waals surface area contributed by atoms with Crippen LogP contribution >= 0.6 is 11.8 Å². The van der Waals surface area contributed by atoms with E-state index in [2.05, 4.69) is 25.8 Å².